The monoisotopic (exact) mass is 598 g/mol. The maximum absolute atomic E-state index is 12.3. The van der Waals surface area contributed by atoms with Crippen molar-refractivity contribution in [3.05, 3.63) is 114 Å². The van der Waals surface area contributed by atoms with Gasteiger partial charge in [0.15, 0.2) is 5.82 Å². The van der Waals surface area contributed by atoms with Crippen LogP contribution in [0.4, 0.5) is 5.95 Å². The first-order valence-electron chi connectivity index (χ1n) is 13.8. The van der Waals surface area contributed by atoms with E-state index in [9.17, 15) is 8.42 Å². The number of anilines is 1. The van der Waals surface area contributed by atoms with Gasteiger partial charge in [-0.1, -0.05) is 74.5 Å². The third-order valence-corrected chi connectivity index (χ3v) is 7.27. The van der Waals surface area contributed by atoms with E-state index in [0.717, 1.165) is 22.9 Å². The highest BCUT2D eigenvalue weighted by Gasteiger charge is 2.24. The molecule has 222 valence electrons. The van der Waals surface area contributed by atoms with E-state index in [2.05, 4.69) is 28.8 Å². The molecule has 0 aliphatic rings. The minimum atomic E-state index is -3.66. The van der Waals surface area contributed by atoms with Gasteiger partial charge in [-0.25, -0.2) is 8.42 Å². The topological polar surface area (TPSA) is 105 Å². The van der Waals surface area contributed by atoms with Crippen LogP contribution in [-0.2, 0) is 23.2 Å². The van der Waals surface area contributed by atoms with E-state index in [-0.39, 0.29) is 11.9 Å². The van der Waals surface area contributed by atoms with E-state index in [4.69, 9.17) is 14.2 Å². The van der Waals surface area contributed by atoms with Crippen LogP contribution in [0, 0.1) is 0 Å². The highest BCUT2D eigenvalue weighted by Crippen LogP contribution is 2.41. The van der Waals surface area contributed by atoms with Gasteiger partial charge >= 0.3 is 0 Å². The molecule has 5 aromatic rings. The van der Waals surface area contributed by atoms with Crippen LogP contribution in [0.3, 0.4) is 0 Å². The molecule has 0 radical (unpaired) electrons. The number of aromatic nitrogens is 3. The van der Waals surface area contributed by atoms with Crippen molar-refractivity contribution in [1.82, 2.24) is 14.8 Å². The van der Waals surface area contributed by atoms with Gasteiger partial charge in [-0.05, 0) is 52.9 Å². The number of methoxy groups -OCH3 is 1. The maximum atomic E-state index is 12.3. The van der Waals surface area contributed by atoms with Crippen LogP contribution in [-0.4, -0.2) is 36.5 Å². The summed E-state index contributed by atoms with van der Waals surface area (Å²) in [6, 6.07) is 30.9. The number of sulfonamides is 1. The Hall–Kier alpha value is -4.83. The average Bonchev–Trinajstić information content (AvgIpc) is 3.41. The highest BCUT2D eigenvalue weighted by atomic mass is 32.2. The molecular weight excluding hydrogens is 564 g/mol. The maximum Gasteiger partial charge on any atom is 0.243 e. The first-order valence-corrected chi connectivity index (χ1v) is 15.7. The van der Waals surface area contributed by atoms with Crippen molar-refractivity contribution in [3.8, 4) is 34.3 Å². The number of nitrogens with zero attached hydrogens (tertiary/aromatic N) is 3. The fourth-order valence-corrected chi connectivity index (χ4v) is 5.05. The molecule has 0 saturated heterocycles. The molecular formula is C33H34N4O5S. The number of hydrogen-bond donors (Lipinski definition) is 1. The number of benzene rings is 4. The highest BCUT2D eigenvalue weighted by molar-refractivity contribution is 7.92. The lowest BCUT2D eigenvalue weighted by atomic mass is 9.98. The van der Waals surface area contributed by atoms with Crippen molar-refractivity contribution < 1.29 is 22.6 Å². The van der Waals surface area contributed by atoms with E-state index in [1.807, 2.05) is 84.9 Å². The van der Waals surface area contributed by atoms with E-state index < -0.39 is 10.0 Å². The summed E-state index contributed by atoms with van der Waals surface area (Å²) >= 11 is 0. The van der Waals surface area contributed by atoms with Crippen molar-refractivity contribution in [1.29, 1.82) is 0 Å². The Bertz CT molecular complexity index is 1770. The van der Waals surface area contributed by atoms with Gasteiger partial charge in [-0.15, -0.1) is 10.2 Å². The number of nitrogens with one attached hydrogen (secondary N) is 1. The molecule has 0 saturated carbocycles. The van der Waals surface area contributed by atoms with Crippen LogP contribution in [0.5, 0.6) is 17.2 Å². The molecule has 0 atom stereocenters. The zero-order chi connectivity index (χ0) is 30.4. The second kappa shape index (κ2) is 13.0. The Labute approximate surface area is 252 Å². The van der Waals surface area contributed by atoms with Gasteiger partial charge in [0.1, 0.15) is 30.5 Å². The summed E-state index contributed by atoms with van der Waals surface area (Å²) in [5, 5.41) is 8.70. The van der Waals surface area contributed by atoms with Crippen LogP contribution < -0.4 is 18.9 Å². The summed E-state index contributed by atoms with van der Waals surface area (Å²) in [5.41, 5.74) is 4.25. The molecule has 1 aromatic heterocycles. The predicted molar refractivity (Wildman–Crippen MR) is 167 cm³/mol. The summed E-state index contributed by atoms with van der Waals surface area (Å²) in [7, 11) is -2.07. The molecule has 1 N–H and O–H groups in total. The molecule has 0 aliphatic heterocycles. The number of hydrogen-bond acceptors (Lipinski definition) is 7. The van der Waals surface area contributed by atoms with Crippen LogP contribution in [0.2, 0.25) is 0 Å². The first-order chi connectivity index (χ1) is 20.7. The lowest BCUT2D eigenvalue weighted by Crippen LogP contribution is -2.14. The van der Waals surface area contributed by atoms with E-state index in [0.29, 0.717) is 47.5 Å². The lowest BCUT2D eigenvalue weighted by molar-refractivity contribution is 0.288. The smallest absolute Gasteiger partial charge is 0.243 e. The van der Waals surface area contributed by atoms with Gasteiger partial charge in [-0.2, -0.15) is 0 Å². The van der Waals surface area contributed by atoms with Crippen molar-refractivity contribution in [2.75, 3.05) is 18.1 Å². The second-order valence-electron chi connectivity index (χ2n) is 10.3. The summed E-state index contributed by atoms with van der Waals surface area (Å²) in [6.07, 6.45) is 1.07. The molecule has 0 aliphatic carbocycles. The normalized spacial score (nSPS) is 11.4. The van der Waals surface area contributed by atoms with Crippen LogP contribution in [0.15, 0.2) is 97.1 Å². The quantitative estimate of drug-likeness (QED) is 0.173. The van der Waals surface area contributed by atoms with E-state index in [1.165, 1.54) is 0 Å². The average molecular weight is 599 g/mol. The number of ether oxygens (including phenoxy) is 3. The minimum absolute atomic E-state index is 0.0483. The van der Waals surface area contributed by atoms with Crippen LogP contribution >= 0.6 is 0 Å². The Morgan fingerprint density at radius 1 is 0.791 bits per heavy atom. The Balaban J connectivity index is 1.66. The van der Waals surface area contributed by atoms with Gasteiger partial charge in [0.2, 0.25) is 16.0 Å². The van der Waals surface area contributed by atoms with Gasteiger partial charge in [0.05, 0.1) is 24.6 Å². The van der Waals surface area contributed by atoms with Gasteiger partial charge in [0, 0.05) is 6.07 Å². The molecule has 0 bridgehead atoms. The first kappa shape index (κ1) is 29.7. The van der Waals surface area contributed by atoms with E-state index in [1.54, 1.807) is 23.8 Å². The molecule has 0 fully saturated rings. The molecule has 10 heteroatoms. The SMILES string of the molecule is COc1ccc(-n2c(NS(C)(=O)=O)nnc2-c2cc(C(C)C)c(OCc3ccccc3)cc2OCc2ccccc2)cc1. The Morgan fingerprint density at radius 2 is 1.37 bits per heavy atom. The number of rotatable bonds is 12. The fraction of sp³-hybridized carbons (Fsp3) is 0.212. The summed E-state index contributed by atoms with van der Waals surface area (Å²) in [6.45, 7) is 4.87. The summed E-state index contributed by atoms with van der Waals surface area (Å²) in [5.74, 6) is 2.41. The van der Waals surface area contributed by atoms with Crippen molar-refractivity contribution >= 4 is 16.0 Å². The lowest BCUT2D eigenvalue weighted by Gasteiger charge is -2.20. The van der Waals surface area contributed by atoms with Crippen molar-refractivity contribution in [2.45, 2.75) is 33.0 Å². The van der Waals surface area contributed by atoms with Crippen molar-refractivity contribution in [3.63, 3.8) is 0 Å². The Morgan fingerprint density at radius 3 is 1.91 bits per heavy atom. The van der Waals surface area contributed by atoms with Gasteiger partial charge < -0.3 is 14.2 Å². The molecule has 43 heavy (non-hydrogen) atoms. The summed E-state index contributed by atoms with van der Waals surface area (Å²) < 4.78 is 46.8. The zero-order valence-electron chi connectivity index (χ0n) is 24.5. The van der Waals surface area contributed by atoms with E-state index >= 15 is 0 Å². The van der Waals surface area contributed by atoms with Crippen molar-refractivity contribution in [2.24, 2.45) is 0 Å². The molecule has 4 aromatic carbocycles. The van der Waals surface area contributed by atoms with Crippen LogP contribution in [0.25, 0.3) is 17.1 Å². The fourth-order valence-electron chi connectivity index (χ4n) is 4.59. The molecule has 1 heterocycles. The molecule has 0 spiro atoms. The standard InChI is InChI=1S/C33H34N4O5S/c1-23(2)28-19-29(32-34-35-33(36-43(4,38)39)37(32)26-15-17-27(40-3)18-16-26)31(42-22-25-13-9-6-10-14-25)20-30(28)41-21-24-11-7-5-8-12-24/h5-20,23H,21-22H2,1-4H3,(H,35,36). The molecule has 0 unspecified atom stereocenters. The van der Waals surface area contributed by atoms with Crippen LogP contribution in [0.1, 0.15) is 36.5 Å². The van der Waals surface area contributed by atoms with Gasteiger partial charge in [0.25, 0.3) is 0 Å². The second-order valence-corrected chi connectivity index (χ2v) is 12.1. The third-order valence-electron chi connectivity index (χ3n) is 6.72. The molecule has 0 amide bonds. The third kappa shape index (κ3) is 7.34. The zero-order valence-corrected chi connectivity index (χ0v) is 25.3. The largest absolute Gasteiger partial charge is 0.497 e. The molecule has 9 nitrogen and oxygen atoms in total. The predicted octanol–water partition coefficient (Wildman–Crippen LogP) is 6.60. The Kier molecular flexibility index (Phi) is 8.96. The molecule has 5 rings (SSSR count). The van der Waals surface area contributed by atoms with Gasteiger partial charge in [-0.3, -0.25) is 9.29 Å². The minimum Gasteiger partial charge on any atom is -0.497 e. The summed E-state index contributed by atoms with van der Waals surface area (Å²) in [4.78, 5) is 0.